The van der Waals surface area contributed by atoms with Crippen molar-refractivity contribution in [3.05, 3.63) is 29.8 Å². The van der Waals surface area contributed by atoms with Crippen molar-refractivity contribution in [2.45, 2.75) is 13.3 Å². The molecule has 98 valence electrons. The van der Waals surface area contributed by atoms with Gasteiger partial charge in [0.15, 0.2) is 5.11 Å². The highest BCUT2D eigenvalue weighted by Gasteiger charge is 2.06. The zero-order chi connectivity index (χ0) is 13.5. The highest BCUT2D eigenvalue weighted by molar-refractivity contribution is 7.80. The lowest BCUT2D eigenvalue weighted by Crippen LogP contribution is -2.38. The second-order valence-corrected chi connectivity index (χ2v) is 4.51. The quantitative estimate of drug-likeness (QED) is 0.812. The normalized spacial score (nSPS) is 9.72. The van der Waals surface area contributed by atoms with Crippen LogP contribution in [0.2, 0.25) is 0 Å². The number of anilines is 1. The smallest absolute Gasteiger partial charge is 0.241 e. The van der Waals surface area contributed by atoms with Crippen molar-refractivity contribution in [3.8, 4) is 0 Å². The highest BCUT2D eigenvalue weighted by Crippen LogP contribution is 2.14. The van der Waals surface area contributed by atoms with Crippen LogP contribution in [0.3, 0.4) is 0 Å². The number of nitrogens with zero attached hydrogens (tertiary/aromatic N) is 1. The Hall–Kier alpha value is -1.62. The third-order valence-electron chi connectivity index (χ3n) is 2.55. The van der Waals surface area contributed by atoms with Crippen LogP contribution in [0.25, 0.3) is 0 Å². The summed E-state index contributed by atoms with van der Waals surface area (Å²) in [6.45, 7) is 2.29. The lowest BCUT2D eigenvalue weighted by atomic mass is 10.1. The van der Waals surface area contributed by atoms with E-state index in [0.717, 1.165) is 12.1 Å². The van der Waals surface area contributed by atoms with Crippen LogP contribution in [0, 0.1) is 0 Å². The van der Waals surface area contributed by atoms with Crippen LogP contribution in [0.5, 0.6) is 0 Å². The monoisotopic (exact) mass is 265 g/mol. The Kier molecular flexibility index (Phi) is 5.58. The number of likely N-dealkylation sites (N-methyl/N-ethyl adjacent to an activating group) is 1. The molecule has 1 rings (SSSR count). The first-order valence-electron chi connectivity index (χ1n) is 5.87. The predicted molar refractivity (Wildman–Crippen MR) is 78.7 cm³/mol. The first-order chi connectivity index (χ1) is 8.54. The molecule has 0 unspecified atom stereocenters. The minimum absolute atomic E-state index is 0.0112. The number of carbonyl (C=O) groups is 1. The van der Waals surface area contributed by atoms with Gasteiger partial charge in [-0.2, -0.15) is 0 Å². The maximum absolute atomic E-state index is 11.4. The van der Waals surface area contributed by atoms with E-state index in [1.807, 2.05) is 18.2 Å². The molecule has 0 aliphatic heterocycles. The Bertz CT molecular complexity index is 432. The number of amides is 1. The molecule has 5 heteroatoms. The third-order valence-corrected chi connectivity index (χ3v) is 2.79. The van der Waals surface area contributed by atoms with Crippen LogP contribution in [0.4, 0.5) is 5.69 Å². The number of para-hydroxylation sites is 1. The second-order valence-electron chi connectivity index (χ2n) is 4.11. The van der Waals surface area contributed by atoms with Crippen molar-refractivity contribution >= 4 is 28.9 Å². The van der Waals surface area contributed by atoms with Crippen molar-refractivity contribution in [1.29, 1.82) is 0 Å². The minimum atomic E-state index is -0.0112. The summed E-state index contributed by atoms with van der Waals surface area (Å²) in [6, 6.07) is 7.97. The van der Waals surface area contributed by atoms with Gasteiger partial charge in [-0.05, 0) is 30.3 Å². The van der Waals surface area contributed by atoms with E-state index in [9.17, 15) is 4.79 Å². The number of thiocarbonyl (C=S) groups is 1. The molecule has 0 fully saturated rings. The molecule has 18 heavy (non-hydrogen) atoms. The van der Waals surface area contributed by atoms with Crippen LogP contribution < -0.4 is 10.6 Å². The largest absolute Gasteiger partial charge is 0.353 e. The highest BCUT2D eigenvalue weighted by atomic mass is 32.1. The van der Waals surface area contributed by atoms with Crippen molar-refractivity contribution in [1.82, 2.24) is 10.2 Å². The molecule has 0 spiro atoms. The van der Waals surface area contributed by atoms with Gasteiger partial charge in [-0.1, -0.05) is 25.1 Å². The molecular weight excluding hydrogens is 246 g/mol. The van der Waals surface area contributed by atoms with Gasteiger partial charge in [0.25, 0.3) is 0 Å². The van der Waals surface area contributed by atoms with Gasteiger partial charge in [0.05, 0.1) is 6.54 Å². The summed E-state index contributed by atoms with van der Waals surface area (Å²) >= 11 is 5.16. The van der Waals surface area contributed by atoms with Gasteiger partial charge in [0, 0.05) is 19.8 Å². The van der Waals surface area contributed by atoms with Crippen molar-refractivity contribution < 1.29 is 4.79 Å². The summed E-state index contributed by atoms with van der Waals surface area (Å²) < 4.78 is 0. The van der Waals surface area contributed by atoms with Crippen molar-refractivity contribution in [3.63, 3.8) is 0 Å². The Morgan fingerprint density at radius 2 is 2.00 bits per heavy atom. The number of hydrogen-bond acceptors (Lipinski definition) is 2. The standard InChI is InChI=1S/C13H19N3OS/c1-4-10-7-5-6-8-11(10)15-13(18)14-9-12(17)16(2)3/h5-8H,4,9H2,1-3H3,(H2,14,15,18). The molecule has 0 bridgehead atoms. The number of nitrogens with one attached hydrogen (secondary N) is 2. The van der Waals surface area contributed by atoms with E-state index in [4.69, 9.17) is 12.2 Å². The Morgan fingerprint density at radius 3 is 2.61 bits per heavy atom. The van der Waals surface area contributed by atoms with Crippen LogP contribution >= 0.6 is 12.2 Å². The number of hydrogen-bond donors (Lipinski definition) is 2. The first-order valence-corrected chi connectivity index (χ1v) is 6.28. The van der Waals surface area contributed by atoms with E-state index >= 15 is 0 Å². The molecule has 1 aromatic carbocycles. The van der Waals surface area contributed by atoms with Crippen molar-refractivity contribution in [2.75, 3.05) is 26.0 Å². The maximum atomic E-state index is 11.4. The van der Waals surface area contributed by atoms with E-state index in [1.165, 1.54) is 10.5 Å². The number of rotatable bonds is 4. The molecule has 0 aliphatic rings. The Morgan fingerprint density at radius 1 is 1.33 bits per heavy atom. The fourth-order valence-corrected chi connectivity index (χ4v) is 1.61. The fraction of sp³-hybridized carbons (Fsp3) is 0.385. The van der Waals surface area contributed by atoms with E-state index in [2.05, 4.69) is 23.6 Å². The molecule has 0 atom stereocenters. The van der Waals surface area contributed by atoms with Crippen LogP contribution in [0.1, 0.15) is 12.5 Å². The topological polar surface area (TPSA) is 44.4 Å². The maximum Gasteiger partial charge on any atom is 0.241 e. The average Bonchev–Trinajstić information content (AvgIpc) is 2.36. The molecule has 4 nitrogen and oxygen atoms in total. The molecule has 0 saturated heterocycles. The zero-order valence-corrected chi connectivity index (χ0v) is 11.8. The predicted octanol–water partition coefficient (Wildman–Crippen LogP) is 1.62. The Labute approximate surface area is 113 Å². The lowest BCUT2D eigenvalue weighted by Gasteiger charge is -2.15. The third kappa shape index (κ3) is 4.33. The second kappa shape index (κ2) is 6.96. The fourth-order valence-electron chi connectivity index (χ4n) is 1.43. The van der Waals surface area contributed by atoms with Gasteiger partial charge in [-0.25, -0.2) is 0 Å². The van der Waals surface area contributed by atoms with E-state index in [-0.39, 0.29) is 12.5 Å². The van der Waals surface area contributed by atoms with Gasteiger partial charge in [-0.3, -0.25) is 4.79 Å². The van der Waals surface area contributed by atoms with Gasteiger partial charge < -0.3 is 15.5 Å². The molecule has 0 aromatic heterocycles. The Balaban J connectivity index is 2.52. The number of benzene rings is 1. The molecule has 2 N–H and O–H groups in total. The summed E-state index contributed by atoms with van der Waals surface area (Å²) in [4.78, 5) is 12.9. The molecule has 0 heterocycles. The van der Waals surface area contributed by atoms with Crippen LogP contribution in [-0.4, -0.2) is 36.6 Å². The summed E-state index contributed by atoms with van der Waals surface area (Å²) in [6.07, 6.45) is 0.933. The molecule has 1 amide bonds. The molecule has 0 saturated carbocycles. The molecule has 1 aromatic rings. The summed E-state index contributed by atoms with van der Waals surface area (Å²) in [5.41, 5.74) is 2.18. The van der Waals surface area contributed by atoms with Gasteiger partial charge in [0.1, 0.15) is 0 Å². The summed E-state index contributed by atoms with van der Waals surface area (Å²) in [5.74, 6) is -0.0112. The SMILES string of the molecule is CCc1ccccc1NC(=S)NCC(=O)N(C)C. The molecular formula is C13H19N3OS. The number of carbonyl (C=O) groups excluding carboxylic acids is 1. The van der Waals surface area contributed by atoms with E-state index in [1.54, 1.807) is 14.1 Å². The first kappa shape index (κ1) is 14.4. The van der Waals surface area contributed by atoms with E-state index in [0.29, 0.717) is 5.11 Å². The van der Waals surface area contributed by atoms with Gasteiger partial charge >= 0.3 is 0 Å². The van der Waals surface area contributed by atoms with Crippen LogP contribution in [-0.2, 0) is 11.2 Å². The molecule has 0 aliphatic carbocycles. The zero-order valence-electron chi connectivity index (χ0n) is 11.0. The van der Waals surface area contributed by atoms with Crippen molar-refractivity contribution in [2.24, 2.45) is 0 Å². The molecule has 0 radical (unpaired) electrons. The summed E-state index contributed by atoms with van der Waals surface area (Å²) in [5, 5.41) is 6.46. The summed E-state index contributed by atoms with van der Waals surface area (Å²) in [7, 11) is 3.43. The average molecular weight is 265 g/mol. The minimum Gasteiger partial charge on any atom is -0.353 e. The lowest BCUT2D eigenvalue weighted by molar-refractivity contribution is -0.127. The van der Waals surface area contributed by atoms with Gasteiger partial charge in [-0.15, -0.1) is 0 Å². The van der Waals surface area contributed by atoms with Crippen LogP contribution in [0.15, 0.2) is 24.3 Å². The van der Waals surface area contributed by atoms with E-state index < -0.39 is 0 Å². The number of aryl methyl sites for hydroxylation is 1. The van der Waals surface area contributed by atoms with Gasteiger partial charge in [0.2, 0.25) is 5.91 Å².